The molecule has 0 saturated heterocycles. The third kappa shape index (κ3) is 1.13. The molecule has 10 heavy (non-hydrogen) atoms. The maximum absolute atomic E-state index is 10.2. The lowest BCUT2D eigenvalue weighted by Crippen LogP contribution is -2.18. The number of hydrogen-bond acceptors (Lipinski definition) is 2. The van der Waals surface area contributed by atoms with Gasteiger partial charge in [0.2, 0.25) is 0 Å². The van der Waals surface area contributed by atoms with Crippen LogP contribution in [0.2, 0.25) is 0 Å². The second kappa shape index (κ2) is 2.47. The van der Waals surface area contributed by atoms with Crippen molar-refractivity contribution >= 4 is 0 Å². The fourth-order valence-electron chi connectivity index (χ4n) is 0.776. The molecule has 0 radical (unpaired) electrons. The zero-order valence-corrected chi connectivity index (χ0v) is 5.36. The molecule has 52 valence electrons. The average Bonchev–Trinajstić information content (AvgIpc) is 1.88. The van der Waals surface area contributed by atoms with Gasteiger partial charge in [-0.05, 0) is 6.08 Å². The Morgan fingerprint density at radius 3 is 2.70 bits per heavy atom. The molecule has 0 bridgehead atoms. The van der Waals surface area contributed by atoms with Crippen molar-refractivity contribution in [2.45, 2.75) is 6.04 Å². The second-order valence-corrected chi connectivity index (χ2v) is 2.05. The van der Waals surface area contributed by atoms with Crippen molar-refractivity contribution in [1.29, 1.82) is 0 Å². The standard InChI is InChI=1S/C7H7NO2/c1-6-4-2-3-5-7(6)8(9)10/h2-5,7H,1H2. The van der Waals surface area contributed by atoms with Crippen LogP contribution >= 0.6 is 0 Å². The minimum atomic E-state index is -0.718. The minimum absolute atomic E-state index is 0.359. The molecule has 0 aromatic heterocycles. The summed E-state index contributed by atoms with van der Waals surface area (Å²) < 4.78 is 0. The van der Waals surface area contributed by atoms with E-state index in [4.69, 9.17) is 0 Å². The summed E-state index contributed by atoms with van der Waals surface area (Å²) in [7, 11) is 0. The molecule has 0 fully saturated rings. The SMILES string of the molecule is C=C1C=CC=CC1[N+](=O)[O-]. The van der Waals surface area contributed by atoms with Gasteiger partial charge >= 0.3 is 0 Å². The molecular weight excluding hydrogens is 130 g/mol. The van der Waals surface area contributed by atoms with Gasteiger partial charge in [0.05, 0.1) is 0 Å². The maximum atomic E-state index is 10.2. The van der Waals surface area contributed by atoms with E-state index in [0.29, 0.717) is 5.57 Å². The van der Waals surface area contributed by atoms with Crippen LogP contribution in [0, 0.1) is 10.1 Å². The fraction of sp³-hybridized carbons (Fsp3) is 0.143. The first-order valence-corrected chi connectivity index (χ1v) is 2.89. The van der Waals surface area contributed by atoms with E-state index in [1.165, 1.54) is 6.08 Å². The molecule has 1 rings (SSSR count). The van der Waals surface area contributed by atoms with Gasteiger partial charge in [-0.3, -0.25) is 10.1 Å². The van der Waals surface area contributed by atoms with E-state index in [-0.39, 0.29) is 4.92 Å². The van der Waals surface area contributed by atoms with Gasteiger partial charge in [-0.2, -0.15) is 0 Å². The third-order valence-corrected chi connectivity index (χ3v) is 1.32. The van der Waals surface area contributed by atoms with Crippen molar-refractivity contribution in [3.63, 3.8) is 0 Å². The van der Waals surface area contributed by atoms with Crippen molar-refractivity contribution in [2.24, 2.45) is 0 Å². The van der Waals surface area contributed by atoms with Crippen LogP contribution in [0.4, 0.5) is 0 Å². The Bertz CT molecular complexity index is 228. The zero-order chi connectivity index (χ0) is 7.56. The van der Waals surface area contributed by atoms with Crippen LogP contribution in [0.15, 0.2) is 36.5 Å². The molecule has 0 saturated carbocycles. The first kappa shape index (κ1) is 6.74. The summed E-state index contributed by atoms with van der Waals surface area (Å²) in [5.74, 6) is 0. The molecule has 1 atom stereocenters. The monoisotopic (exact) mass is 137 g/mol. The molecule has 1 unspecified atom stereocenters. The van der Waals surface area contributed by atoms with Crippen molar-refractivity contribution in [3.05, 3.63) is 46.6 Å². The van der Waals surface area contributed by atoms with E-state index in [9.17, 15) is 10.1 Å². The smallest absolute Gasteiger partial charge is 0.256 e. The van der Waals surface area contributed by atoms with Gasteiger partial charge < -0.3 is 0 Å². The van der Waals surface area contributed by atoms with Crippen LogP contribution < -0.4 is 0 Å². The number of hydrogen-bond donors (Lipinski definition) is 0. The van der Waals surface area contributed by atoms with Gasteiger partial charge in [0, 0.05) is 10.5 Å². The Labute approximate surface area is 58.5 Å². The van der Waals surface area contributed by atoms with Gasteiger partial charge in [0.15, 0.2) is 0 Å². The molecule has 3 nitrogen and oxygen atoms in total. The van der Waals surface area contributed by atoms with Crippen LogP contribution in [-0.4, -0.2) is 11.0 Å². The molecule has 0 heterocycles. The molecule has 0 N–H and O–H groups in total. The van der Waals surface area contributed by atoms with Crippen LogP contribution in [0.3, 0.4) is 0 Å². The van der Waals surface area contributed by atoms with E-state index in [2.05, 4.69) is 6.58 Å². The van der Waals surface area contributed by atoms with Gasteiger partial charge in [-0.1, -0.05) is 24.8 Å². The van der Waals surface area contributed by atoms with Crippen molar-refractivity contribution in [3.8, 4) is 0 Å². The highest BCUT2D eigenvalue weighted by atomic mass is 16.6. The highest BCUT2D eigenvalue weighted by Gasteiger charge is 2.19. The predicted molar refractivity (Wildman–Crippen MR) is 38.2 cm³/mol. The molecule has 1 aliphatic carbocycles. The summed E-state index contributed by atoms with van der Waals surface area (Å²) in [6.07, 6.45) is 6.56. The molecule has 0 spiro atoms. The lowest BCUT2D eigenvalue weighted by Gasteiger charge is -2.05. The molecule has 1 aliphatic rings. The molecule has 3 heteroatoms. The molecule has 0 aromatic carbocycles. The van der Waals surface area contributed by atoms with Crippen molar-refractivity contribution in [1.82, 2.24) is 0 Å². The lowest BCUT2D eigenvalue weighted by molar-refractivity contribution is -0.498. The summed E-state index contributed by atoms with van der Waals surface area (Å²) in [5.41, 5.74) is 0.535. The fourth-order valence-corrected chi connectivity index (χ4v) is 0.776. The predicted octanol–water partition coefficient (Wildman–Crippen LogP) is 1.31. The normalized spacial score (nSPS) is 23.2. The van der Waals surface area contributed by atoms with Crippen LogP contribution in [0.25, 0.3) is 0 Å². The Hall–Kier alpha value is -1.38. The average molecular weight is 137 g/mol. The summed E-state index contributed by atoms with van der Waals surface area (Å²) in [4.78, 5) is 9.87. The second-order valence-electron chi connectivity index (χ2n) is 2.05. The number of rotatable bonds is 1. The highest BCUT2D eigenvalue weighted by Crippen LogP contribution is 2.11. The largest absolute Gasteiger partial charge is 0.264 e. The first-order chi connectivity index (χ1) is 4.72. The third-order valence-electron chi connectivity index (χ3n) is 1.32. The van der Waals surface area contributed by atoms with Gasteiger partial charge in [-0.15, -0.1) is 0 Å². The van der Waals surface area contributed by atoms with Crippen LogP contribution in [0.5, 0.6) is 0 Å². The summed E-state index contributed by atoms with van der Waals surface area (Å²) in [5, 5.41) is 10.2. The Morgan fingerprint density at radius 2 is 2.30 bits per heavy atom. The summed E-state index contributed by atoms with van der Waals surface area (Å²) in [6, 6.07) is -0.718. The van der Waals surface area contributed by atoms with E-state index >= 15 is 0 Å². The Morgan fingerprint density at radius 1 is 1.60 bits per heavy atom. The Balaban J connectivity index is 2.80. The van der Waals surface area contributed by atoms with Gasteiger partial charge in [0.1, 0.15) is 0 Å². The molecule has 0 aromatic rings. The summed E-state index contributed by atoms with van der Waals surface area (Å²) in [6.45, 7) is 3.54. The van der Waals surface area contributed by atoms with E-state index in [1.54, 1.807) is 18.2 Å². The number of nitrogens with zero attached hydrogens (tertiary/aromatic N) is 1. The molecule has 0 amide bonds. The van der Waals surface area contributed by atoms with Gasteiger partial charge in [-0.25, -0.2) is 0 Å². The van der Waals surface area contributed by atoms with Crippen molar-refractivity contribution in [2.75, 3.05) is 0 Å². The van der Waals surface area contributed by atoms with E-state index in [1.807, 2.05) is 0 Å². The minimum Gasteiger partial charge on any atom is -0.264 e. The first-order valence-electron chi connectivity index (χ1n) is 2.89. The highest BCUT2D eigenvalue weighted by molar-refractivity contribution is 5.31. The molecular formula is C7H7NO2. The van der Waals surface area contributed by atoms with Gasteiger partial charge in [0.25, 0.3) is 6.04 Å². The number of nitro groups is 1. The quantitative estimate of drug-likeness (QED) is 0.404. The lowest BCUT2D eigenvalue weighted by atomic mass is 10.1. The zero-order valence-electron chi connectivity index (χ0n) is 5.36. The Kier molecular flexibility index (Phi) is 1.67. The topological polar surface area (TPSA) is 43.1 Å². The van der Waals surface area contributed by atoms with Crippen LogP contribution in [0.1, 0.15) is 0 Å². The number of allylic oxidation sites excluding steroid dienone is 2. The molecule has 0 aliphatic heterocycles. The van der Waals surface area contributed by atoms with E-state index in [0.717, 1.165) is 0 Å². The van der Waals surface area contributed by atoms with E-state index < -0.39 is 6.04 Å². The van der Waals surface area contributed by atoms with Crippen LogP contribution in [-0.2, 0) is 0 Å². The summed E-state index contributed by atoms with van der Waals surface area (Å²) >= 11 is 0. The van der Waals surface area contributed by atoms with Crippen molar-refractivity contribution < 1.29 is 4.92 Å². The maximum Gasteiger partial charge on any atom is 0.256 e.